The van der Waals surface area contributed by atoms with E-state index in [1.54, 1.807) is 12.3 Å². The van der Waals surface area contributed by atoms with Gasteiger partial charge in [0.15, 0.2) is 0 Å². The summed E-state index contributed by atoms with van der Waals surface area (Å²) in [6.45, 7) is 6.71. The van der Waals surface area contributed by atoms with Crippen molar-refractivity contribution in [3.63, 3.8) is 0 Å². The lowest BCUT2D eigenvalue weighted by Gasteiger charge is -2.38. The SMILES string of the molecule is Cc1ccc(C(=O)N2CC(Oc3nccc(N)c3C)CCC2C)c(C2CC2)c1. The van der Waals surface area contributed by atoms with Crippen LogP contribution in [-0.2, 0) is 0 Å². The Morgan fingerprint density at radius 3 is 2.71 bits per heavy atom. The first kappa shape index (κ1) is 18.8. The van der Waals surface area contributed by atoms with Gasteiger partial charge in [-0.15, -0.1) is 0 Å². The van der Waals surface area contributed by atoms with Gasteiger partial charge in [-0.3, -0.25) is 4.79 Å². The number of nitrogens with zero attached hydrogens (tertiary/aromatic N) is 2. The number of rotatable bonds is 4. The van der Waals surface area contributed by atoms with Crippen LogP contribution in [0.25, 0.3) is 0 Å². The molecule has 1 aliphatic heterocycles. The van der Waals surface area contributed by atoms with E-state index in [1.165, 1.54) is 24.0 Å². The molecule has 2 fully saturated rings. The molecule has 1 aromatic heterocycles. The third-order valence-corrected chi connectivity index (χ3v) is 6.03. The van der Waals surface area contributed by atoms with E-state index in [0.717, 1.165) is 24.0 Å². The minimum atomic E-state index is -0.0667. The van der Waals surface area contributed by atoms with E-state index in [0.29, 0.717) is 24.0 Å². The largest absolute Gasteiger partial charge is 0.472 e. The van der Waals surface area contributed by atoms with Gasteiger partial charge < -0.3 is 15.4 Å². The van der Waals surface area contributed by atoms with Crippen LogP contribution in [-0.4, -0.2) is 34.5 Å². The number of carbonyl (C=O) groups excluding carboxylic acids is 1. The number of likely N-dealkylation sites (tertiary alicyclic amines) is 1. The minimum absolute atomic E-state index is 0.0667. The lowest BCUT2D eigenvalue weighted by atomic mass is 9.96. The first-order chi connectivity index (χ1) is 13.4. The molecule has 148 valence electrons. The zero-order chi connectivity index (χ0) is 19.8. The number of piperidine rings is 1. The highest BCUT2D eigenvalue weighted by atomic mass is 16.5. The van der Waals surface area contributed by atoms with Gasteiger partial charge in [0.1, 0.15) is 6.10 Å². The van der Waals surface area contributed by atoms with Gasteiger partial charge in [-0.25, -0.2) is 4.98 Å². The van der Waals surface area contributed by atoms with Crippen LogP contribution in [0, 0.1) is 13.8 Å². The van der Waals surface area contributed by atoms with Crippen LogP contribution >= 0.6 is 0 Å². The third kappa shape index (κ3) is 3.71. The molecule has 1 saturated carbocycles. The summed E-state index contributed by atoms with van der Waals surface area (Å²) in [5.74, 6) is 1.24. The maximum atomic E-state index is 13.4. The van der Waals surface area contributed by atoms with Gasteiger partial charge in [0.2, 0.25) is 5.88 Å². The second-order valence-corrected chi connectivity index (χ2v) is 8.32. The van der Waals surface area contributed by atoms with Crippen molar-refractivity contribution in [1.29, 1.82) is 0 Å². The first-order valence-corrected chi connectivity index (χ1v) is 10.2. The van der Waals surface area contributed by atoms with Gasteiger partial charge in [0.25, 0.3) is 5.91 Å². The summed E-state index contributed by atoms with van der Waals surface area (Å²) in [5.41, 5.74) is 10.8. The number of hydrogen-bond donors (Lipinski definition) is 1. The molecule has 1 amide bonds. The summed E-state index contributed by atoms with van der Waals surface area (Å²) >= 11 is 0. The molecule has 1 aromatic carbocycles. The third-order valence-electron chi connectivity index (χ3n) is 6.03. The Bertz CT molecular complexity index is 891. The van der Waals surface area contributed by atoms with E-state index in [4.69, 9.17) is 10.5 Å². The molecule has 2 aliphatic rings. The summed E-state index contributed by atoms with van der Waals surface area (Å²) in [5, 5.41) is 0. The van der Waals surface area contributed by atoms with Crippen LogP contribution in [0.15, 0.2) is 30.5 Å². The average molecular weight is 380 g/mol. The summed E-state index contributed by atoms with van der Waals surface area (Å²) < 4.78 is 6.16. The highest BCUT2D eigenvalue weighted by molar-refractivity contribution is 5.96. The molecule has 2 unspecified atom stereocenters. The molecular formula is C23H29N3O2. The number of hydrogen-bond acceptors (Lipinski definition) is 4. The predicted molar refractivity (Wildman–Crippen MR) is 111 cm³/mol. The van der Waals surface area contributed by atoms with Crippen molar-refractivity contribution in [2.75, 3.05) is 12.3 Å². The molecule has 0 bridgehead atoms. The molecule has 5 nitrogen and oxygen atoms in total. The molecule has 2 aromatic rings. The van der Waals surface area contributed by atoms with Crippen molar-refractivity contribution in [1.82, 2.24) is 9.88 Å². The molecule has 28 heavy (non-hydrogen) atoms. The molecule has 1 aliphatic carbocycles. The predicted octanol–water partition coefficient (Wildman–Crippen LogP) is 4.23. The number of amides is 1. The molecule has 4 rings (SSSR count). The van der Waals surface area contributed by atoms with Crippen molar-refractivity contribution < 1.29 is 9.53 Å². The molecule has 0 radical (unpaired) electrons. The number of aromatic nitrogens is 1. The second kappa shape index (κ2) is 7.46. The van der Waals surface area contributed by atoms with Crippen LogP contribution in [0.4, 0.5) is 5.69 Å². The van der Waals surface area contributed by atoms with Gasteiger partial charge in [-0.1, -0.05) is 17.7 Å². The van der Waals surface area contributed by atoms with Crippen molar-refractivity contribution in [2.45, 2.75) is 64.5 Å². The first-order valence-electron chi connectivity index (χ1n) is 10.2. The number of nitrogens with two attached hydrogens (primary N) is 1. The van der Waals surface area contributed by atoms with E-state index in [-0.39, 0.29) is 18.1 Å². The van der Waals surface area contributed by atoms with Crippen LogP contribution in [0.3, 0.4) is 0 Å². The smallest absolute Gasteiger partial charge is 0.254 e. The summed E-state index contributed by atoms with van der Waals surface area (Å²) in [6.07, 6.45) is 5.80. The Hall–Kier alpha value is -2.56. The van der Waals surface area contributed by atoms with Crippen LogP contribution < -0.4 is 10.5 Å². The topological polar surface area (TPSA) is 68.5 Å². The molecular weight excluding hydrogens is 350 g/mol. The highest BCUT2D eigenvalue weighted by Crippen LogP contribution is 2.42. The number of aryl methyl sites for hydroxylation is 1. The van der Waals surface area contributed by atoms with E-state index in [1.807, 2.05) is 24.0 Å². The zero-order valence-corrected chi connectivity index (χ0v) is 16.9. The number of carbonyl (C=O) groups is 1. The maximum Gasteiger partial charge on any atom is 0.254 e. The number of ether oxygens (including phenoxy) is 1. The Kier molecular flexibility index (Phi) is 5.00. The number of anilines is 1. The molecule has 5 heteroatoms. The Morgan fingerprint density at radius 1 is 1.18 bits per heavy atom. The fourth-order valence-corrected chi connectivity index (χ4v) is 4.02. The van der Waals surface area contributed by atoms with Crippen LogP contribution in [0.2, 0.25) is 0 Å². The summed E-state index contributed by atoms with van der Waals surface area (Å²) in [6, 6.07) is 8.22. The summed E-state index contributed by atoms with van der Waals surface area (Å²) in [7, 11) is 0. The number of pyridine rings is 1. The fraction of sp³-hybridized carbons (Fsp3) is 0.478. The Morgan fingerprint density at radius 2 is 1.96 bits per heavy atom. The fourth-order valence-electron chi connectivity index (χ4n) is 4.02. The average Bonchev–Trinajstić information content (AvgIpc) is 3.51. The van der Waals surface area contributed by atoms with Crippen molar-refractivity contribution in [3.8, 4) is 5.88 Å². The van der Waals surface area contributed by atoms with Gasteiger partial charge in [-0.05, 0) is 70.1 Å². The van der Waals surface area contributed by atoms with Crippen molar-refractivity contribution in [2.24, 2.45) is 0 Å². The molecule has 2 atom stereocenters. The van der Waals surface area contributed by atoms with E-state index in [9.17, 15) is 4.79 Å². The van der Waals surface area contributed by atoms with Crippen molar-refractivity contribution in [3.05, 3.63) is 52.7 Å². The van der Waals surface area contributed by atoms with Gasteiger partial charge >= 0.3 is 0 Å². The molecule has 1 saturated heterocycles. The lowest BCUT2D eigenvalue weighted by Crippen LogP contribution is -2.49. The van der Waals surface area contributed by atoms with E-state index >= 15 is 0 Å². The molecule has 2 N–H and O–H groups in total. The quantitative estimate of drug-likeness (QED) is 0.863. The monoisotopic (exact) mass is 379 g/mol. The maximum absolute atomic E-state index is 13.4. The second-order valence-electron chi connectivity index (χ2n) is 8.32. The zero-order valence-electron chi connectivity index (χ0n) is 16.9. The number of nitrogen functional groups attached to an aromatic ring is 1. The van der Waals surface area contributed by atoms with E-state index in [2.05, 4.69) is 24.9 Å². The van der Waals surface area contributed by atoms with E-state index < -0.39 is 0 Å². The van der Waals surface area contributed by atoms with Crippen LogP contribution in [0.5, 0.6) is 5.88 Å². The lowest BCUT2D eigenvalue weighted by molar-refractivity contribution is 0.0370. The number of benzene rings is 1. The minimum Gasteiger partial charge on any atom is -0.472 e. The molecule has 2 heterocycles. The Labute approximate surface area is 166 Å². The van der Waals surface area contributed by atoms with Gasteiger partial charge in [0, 0.05) is 29.1 Å². The van der Waals surface area contributed by atoms with Gasteiger partial charge in [0.05, 0.1) is 6.54 Å². The van der Waals surface area contributed by atoms with Crippen LogP contribution in [0.1, 0.15) is 65.6 Å². The standard InChI is InChI=1S/C23H29N3O2/c1-14-4-9-19(20(12-14)17-6-7-17)23(27)26-13-18(8-5-15(26)2)28-22-16(3)21(24)10-11-25-22/h4,9-12,15,17-18H,5-8,13H2,1-3H3,(H2,24,25). The summed E-state index contributed by atoms with van der Waals surface area (Å²) in [4.78, 5) is 19.7. The van der Waals surface area contributed by atoms with Gasteiger partial charge in [-0.2, -0.15) is 0 Å². The van der Waals surface area contributed by atoms with Crippen molar-refractivity contribution >= 4 is 11.6 Å². The molecule has 0 spiro atoms. The normalized spacial score (nSPS) is 22.2. The Balaban J connectivity index is 1.54. The highest BCUT2D eigenvalue weighted by Gasteiger charge is 2.34.